The topological polar surface area (TPSA) is 21.3 Å². The Balaban J connectivity index is 1.18. The highest BCUT2D eigenvalue weighted by atomic mass is 16.3. The first-order chi connectivity index (χ1) is 26.3. The summed E-state index contributed by atoms with van der Waals surface area (Å²) in [6.07, 6.45) is 0. The number of rotatable bonds is 5. The van der Waals surface area contributed by atoms with Gasteiger partial charge >= 0.3 is 0 Å². The quantitative estimate of drug-likeness (QED) is 0.169. The summed E-state index contributed by atoms with van der Waals surface area (Å²) in [7, 11) is 0. The van der Waals surface area contributed by atoms with Gasteiger partial charge in [-0.3, -0.25) is 0 Å². The van der Waals surface area contributed by atoms with E-state index in [0.717, 1.165) is 55.8 Å². The fourth-order valence-corrected chi connectivity index (χ4v) is 8.43. The minimum absolute atomic E-state index is 0.885. The van der Waals surface area contributed by atoms with Gasteiger partial charge in [0.25, 0.3) is 0 Å². The van der Waals surface area contributed by atoms with Gasteiger partial charge in [-0.15, -0.1) is 0 Å². The van der Waals surface area contributed by atoms with Crippen LogP contribution in [-0.2, 0) is 0 Å². The highest BCUT2D eigenvalue weighted by Gasteiger charge is 2.22. The maximum absolute atomic E-state index is 6.38. The van der Waals surface area contributed by atoms with Crippen molar-refractivity contribution in [3.05, 3.63) is 194 Å². The van der Waals surface area contributed by atoms with Crippen molar-refractivity contribution in [1.29, 1.82) is 0 Å². The van der Waals surface area contributed by atoms with Crippen molar-refractivity contribution in [2.24, 2.45) is 0 Å². The van der Waals surface area contributed by atoms with E-state index in [-0.39, 0.29) is 0 Å². The summed E-state index contributed by atoms with van der Waals surface area (Å²) in [4.78, 5) is 2.42. The first-order valence-corrected chi connectivity index (χ1v) is 18.1. The molecule has 11 aromatic rings. The van der Waals surface area contributed by atoms with Crippen LogP contribution in [0.25, 0.3) is 82.1 Å². The van der Waals surface area contributed by atoms with Crippen LogP contribution in [0.15, 0.2) is 199 Å². The van der Waals surface area contributed by atoms with E-state index in [9.17, 15) is 0 Å². The summed E-state index contributed by atoms with van der Waals surface area (Å²) in [5.74, 6) is 0. The van der Waals surface area contributed by atoms with E-state index >= 15 is 0 Å². The summed E-state index contributed by atoms with van der Waals surface area (Å²) < 4.78 is 8.77. The van der Waals surface area contributed by atoms with Crippen LogP contribution in [-0.4, -0.2) is 4.57 Å². The standard InChI is InChI=1S/C50H32N2O/c1-2-16-38-33(13-1)27-28-34-31-37(29-30-39(34)38)51(35-14-11-15-36(32-35)52-46-23-8-3-17-40(46)41-18-4-9-24-47(41)52)45-22-7-5-19-42(45)43-21-12-26-49-50(43)44-20-6-10-25-48(44)53-49/h1-32H. The van der Waals surface area contributed by atoms with Crippen LogP contribution in [0.3, 0.4) is 0 Å². The van der Waals surface area contributed by atoms with E-state index in [1.165, 1.54) is 43.4 Å². The summed E-state index contributed by atoms with van der Waals surface area (Å²) in [6.45, 7) is 0. The molecule has 0 bridgehead atoms. The molecule has 0 aliphatic rings. The lowest BCUT2D eigenvalue weighted by molar-refractivity contribution is 0.669. The highest BCUT2D eigenvalue weighted by molar-refractivity contribution is 6.14. The zero-order valence-corrected chi connectivity index (χ0v) is 28.8. The summed E-state index contributed by atoms with van der Waals surface area (Å²) in [6, 6.07) is 69.8. The van der Waals surface area contributed by atoms with Crippen LogP contribution in [0, 0.1) is 0 Å². The molecule has 9 aromatic carbocycles. The molecule has 0 atom stereocenters. The number of nitrogens with zero attached hydrogens (tertiary/aromatic N) is 2. The van der Waals surface area contributed by atoms with E-state index in [4.69, 9.17) is 4.42 Å². The molecule has 0 saturated carbocycles. The molecule has 248 valence electrons. The molecule has 0 aliphatic carbocycles. The molecule has 0 radical (unpaired) electrons. The third-order valence-corrected chi connectivity index (χ3v) is 10.8. The first-order valence-electron chi connectivity index (χ1n) is 18.1. The van der Waals surface area contributed by atoms with Gasteiger partial charge in [0.05, 0.1) is 16.7 Å². The lowest BCUT2D eigenvalue weighted by Gasteiger charge is -2.29. The number of benzene rings is 9. The molecule has 0 saturated heterocycles. The minimum Gasteiger partial charge on any atom is -0.456 e. The second-order valence-electron chi connectivity index (χ2n) is 13.7. The number of anilines is 3. The molecule has 0 unspecified atom stereocenters. The van der Waals surface area contributed by atoms with Gasteiger partial charge in [-0.05, 0) is 87.8 Å². The van der Waals surface area contributed by atoms with E-state index < -0.39 is 0 Å². The highest BCUT2D eigenvalue weighted by Crippen LogP contribution is 2.46. The second-order valence-corrected chi connectivity index (χ2v) is 13.7. The average Bonchev–Trinajstić information content (AvgIpc) is 3.77. The summed E-state index contributed by atoms with van der Waals surface area (Å²) >= 11 is 0. The van der Waals surface area contributed by atoms with Gasteiger partial charge in [0, 0.05) is 44.2 Å². The molecule has 3 nitrogen and oxygen atoms in total. The van der Waals surface area contributed by atoms with Crippen molar-refractivity contribution < 1.29 is 4.42 Å². The van der Waals surface area contributed by atoms with Gasteiger partial charge in [-0.2, -0.15) is 0 Å². The van der Waals surface area contributed by atoms with Crippen LogP contribution in [0.2, 0.25) is 0 Å². The predicted molar refractivity (Wildman–Crippen MR) is 223 cm³/mol. The number of fused-ring (bicyclic) bond motifs is 9. The van der Waals surface area contributed by atoms with Crippen molar-refractivity contribution >= 4 is 82.4 Å². The van der Waals surface area contributed by atoms with E-state index in [0.29, 0.717) is 0 Å². The molecule has 0 aliphatic heterocycles. The molecule has 2 aromatic heterocycles. The largest absolute Gasteiger partial charge is 0.456 e. The van der Waals surface area contributed by atoms with Gasteiger partial charge in [0.2, 0.25) is 0 Å². The zero-order valence-electron chi connectivity index (χ0n) is 28.8. The molecule has 0 spiro atoms. The second kappa shape index (κ2) is 11.7. The van der Waals surface area contributed by atoms with E-state index in [1.807, 2.05) is 6.07 Å². The summed E-state index contributed by atoms with van der Waals surface area (Å²) in [5.41, 5.74) is 10.8. The van der Waals surface area contributed by atoms with Crippen LogP contribution in [0.5, 0.6) is 0 Å². The Morgan fingerprint density at radius 3 is 1.83 bits per heavy atom. The van der Waals surface area contributed by atoms with Crippen LogP contribution in [0.1, 0.15) is 0 Å². The third kappa shape index (κ3) is 4.61. The fraction of sp³-hybridized carbons (Fsp3) is 0. The average molecular weight is 677 g/mol. The number of hydrogen-bond donors (Lipinski definition) is 0. The smallest absolute Gasteiger partial charge is 0.136 e. The van der Waals surface area contributed by atoms with Gasteiger partial charge in [-0.25, -0.2) is 0 Å². The minimum atomic E-state index is 0.885. The molecule has 0 amide bonds. The lowest BCUT2D eigenvalue weighted by atomic mass is 9.96. The normalized spacial score (nSPS) is 11.8. The molecule has 0 fully saturated rings. The van der Waals surface area contributed by atoms with E-state index in [2.05, 4.69) is 198 Å². The maximum atomic E-state index is 6.38. The summed E-state index contributed by atoms with van der Waals surface area (Å²) in [5, 5.41) is 9.68. The SMILES string of the molecule is c1cc(N(c2ccc3c(ccc4ccccc43)c2)c2ccccc2-c2cccc3oc4ccccc4c23)cc(-n2c3ccccc3c3ccccc32)c1. The van der Waals surface area contributed by atoms with Gasteiger partial charge in [-0.1, -0.05) is 133 Å². The Bertz CT molecular complexity index is 3150. The molecule has 3 heteroatoms. The van der Waals surface area contributed by atoms with Gasteiger partial charge < -0.3 is 13.9 Å². The Morgan fingerprint density at radius 1 is 0.377 bits per heavy atom. The fourth-order valence-electron chi connectivity index (χ4n) is 8.43. The van der Waals surface area contributed by atoms with E-state index in [1.54, 1.807) is 0 Å². The lowest BCUT2D eigenvalue weighted by Crippen LogP contribution is -2.12. The van der Waals surface area contributed by atoms with Crippen LogP contribution >= 0.6 is 0 Å². The maximum Gasteiger partial charge on any atom is 0.136 e. The Hall–Kier alpha value is -7.10. The molecular weight excluding hydrogens is 645 g/mol. The van der Waals surface area contributed by atoms with Crippen molar-refractivity contribution in [1.82, 2.24) is 4.57 Å². The van der Waals surface area contributed by atoms with Crippen molar-refractivity contribution in [3.63, 3.8) is 0 Å². The van der Waals surface area contributed by atoms with Crippen molar-refractivity contribution in [2.45, 2.75) is 0 Å². The molecular formula is C50H32N2O. The monoisotopic (exact) mass is 676 g/mol. The van der Waals surface area contributed by atoms with Crippen molar-refractivity contribution in [2.75, 3.05) is 4.90 Å². The molecule has 53 heavy (non-hydrogen) atoms. The Kier molecular flexibility index (Phi) is 6.55. The zero-order chi connectivity index (χ0) is 34.9. The van der Waals surface area contributed by atoms with Gasteiger partial charge in [0.1, 0.15) is 11.2 Å². The third-order valence-electron chi connectivity index (χ3n) is 10.8. The number of para-hydroxylation sites is 4. The molecule has 0 N–H and O–H groups in total. The Labute approximate surface area is 306 Å². The van der Waals surface area contributed by atoms with Gasteiger partial charge in [0.15, 0.2) is 0 Å². The number of furan rings is 1. The Morgan fingerprint density at radius 2 is 0.981 bits per heavy atom. The number of hydrogen-bond acceptors (Lipinski definition) is 2. The first kappa shape index (κ1) is 29.6. The molecule has 2 heterocycles. The van der Waals surface area contributed by atoms with Crippen molar-refractivity contribution in [3.8, 4) is 16.8 Å². The number of aromatic nitrogens is 1. The van der Waals surface area contributed by atoms with Crippen LogP contribution in [0.4, 0.5) is 17.1 Å². The molecule has 11 rings (SSSR count). The predicted octanol–water partition coefficient (Wildman–Crippen LogP) is 14.1. The van der Waals surface area contributed by atoms with Crippen LogP contribution < -0.4 is 4.90 Å².